The average Bonchev–Trinajstić information content (AvgIpc) is 3.07. The number of nitrogens with zero attached hydrogens (tertiary/aromatic N) is 3. The summed E-state index contributed by atoms with van der Waals surface area (Å²) in [5.41, 5.74) is 8.15. The van der Waals surface area contributed by atoms with E-state index in [1.165, 1.54) is 5.56 Å². The molecule has 0 atom stereocenters. The highest BCUT2D eigenvalue weighted by Crippen LogP contribution is 2.27. The van der Waals surface area contributed by atoms with Crippen molar-refractivity contribution in [2.75, 3.05) is 5.43 Å². The number of nitrogens with one attached hydrogen (secondary N) is 1. The van der Waals surface area contributed by atoms with E-state index in [2.05, 4.69) is 38.4 Å². The number of aromatic nitrogens is 2. The Balaban J connectivity index is 1.71. The molecule has 0 unspecified atom stereocenters. The summed E-state index contributed by atoms with van der Waals surface area (Å²) in [6, 6.07) is 23.7. The van der Waals surface area contributed by atoms with E-state index in [4.69, 9.17) is 9.40 Å². The van der Waals surface area contributed by atoms with E-state index in [1.807, 2.05) is 72.8 Å². The molecule has 0 fully saturated rings. The van der Waals surface area contributed by atoms with Gasteiger partial charge in [-0.1, -0.05) is 45.8 Å². The predicted molar refractivity (Wildman–Crippen MR) is 123 cm³/mol. The molecule has 0 aliphatic carbocycles. The third-order valence-corrected chi connectivity index (χ3v) is 5.24. The molecule has 30 heavy (non-hydrogen) atoms. The molecule has 146 valence electrons. The number of hydrogen-bond donors (Lipinski definition) is 1. The minimum atomic E-state index is 0.588. The minimum absolute atomic E-state index is 0.588. The molecule has 2 aromatic heterocycles. The van der Waals surface area contributed by atoms with E-state index >= 15 is 0 Å². The second-order valence-electron chi connectivity index (χ2n) is 6.97. The van der Waals surface area contributed by atoms with Crippen LogP contribution < -0.4 is 10.8 Å². The Hall–Kier alpha value is -3.51. The number of para-hydroxylation sites is 2. The minimum Gasteiger partial charge on any atom is -0.454 e. The highest BCUT2D eigenvalue weighted by molar-refractivity contribution is 9.10. The number of benzene rings is 3. The lowest BCUT2D eigenvalue weighted by molar-refractivity contribution is 0.628. The maximum absolute atomic E-state index is 6.11. The highest BCUT2D eigenvalue weighted by atomic mass is 79.9. The Morgan fingerprint density at radius 2 is 1.73 bits per heavy atom. The van der Waals surface area contributed by atoms with Gasteiger partial charge in [0.2, 0.25) is 0 Å². The molecule has 5 aromatic rings. The van der Waals surface area contributed by atoms with Crippen molar-refractivity contribution in [3.63, 3.8) is 0 Å². The SMILES string of the molecule is Cc1ccc(N/N=c2\cnc3ccccc3nc2-c2cc3cc(Br)ccc3o2)cc1. The lowest BCUT2D eigenvalue weighted by Gasteiger charge is -2.00. The number of anilines is 1. The van der Waals surface area contributed by atoms with Crippen LogP contribution in [0.4, 0.5) is 5.69 Å². The molecule has 1 N–H and O–H groups in total. The van der Waals surface area contributed by atoms with Crippen LogP contribution in [0.2, 0.25) is 0 Å². The number of halogens is 1. The molecule has 0 bridgehead atoms. The molecular formula is C24H17BrN4O. The maximum Gasteiger partial charge on any atom is 0.156 e. The van der Waals surface area contributed by atoms with Crippen molar-refractivity contribution in [3.8, 4) is 11.5 Å². The van der Waals surface area contributed by atoms with Crippen molar-refractivity contribution >= 4 is 43.6 Å². The third kappa shape index (κ3) is 3.69. The van der Waals surface area contributed by atoms with Crippen LogP contribution in [0.25, 0.3) is 33.5 Å². The van der Waals surface area contributed by atoms with Gasteiger partial charge < -0.3 is 4.42 Å². The fourth-order valence-electron chi connectivity index (χ4n) is 3.18. The van der Waals surface area contributed by atoms with Gasteiger partial charge >= 0.3 is 0 Å². The topological polar surface area (TPSA) is 63.3 Å². The van der Waals surface area contributed by atoms with Gasteiger partial charge in [-0.05, 0) is 55.5 Å². The Morgan fingerprint density at radius 3 is 2.57 bits per heavy atom. The summed E-state index contributed by atoms with van der Waals surface area (Å²) in [6.45, 7) is 2.05. The molecule has 0 aliphatic rings. The number of hydrogen-bond acceptors (Lipinski definition) is 5. The van der Waals surface area contributed by atoms with Crippen molar-refractivity contribution in [1.29, 1.82) is 0 Å². The van der Waals surface area contributed by atoms with Crippen LogP contribution in [-0.4, -0.2) is 9.97 Å². The van der Waals surface area contributed by atoms with Crippen LogP contribution in [0.1, 0.15) is 5.56 Å². The van der Waals surface area contributed by atoms with Crippen LogP contribution in [0.5, 0.6) is 0 Å². The summed E-state index contributed by atoms with van der Waals surface area (Å²) in [5, 5.41) is 6.17. The number of rotatable bonds is 3. The molecule has 0 aliphatic heterocycles. The van der Waals surface area contributed by atoms with Crippen molar-refractivity contribution < 1.29 is 4.42 Å². The Morgan fingerprint density at radius 1 is 0.933 bits per heavy atom. The van der Waals surface area contributed by atoms with Crippen LogP contribution in [-0.2, 0) is 0 Å². The Kier molecular flexibility index (Phi) is 4.77. The highest BCUT2D eigenvalue weighted by Gasteiger charge is 2.11. The predicted octanol–water partition coefficient (Wildman–Crippen LogP) is 6.04. The Labute approximate surface area is 181 Å². The summed E-state index contributed by atoms with van der Waals surface area (Å²) in [4.78, 5) is 9.43. The van der Waals surface area contributed by atoms with E-state index in [9.17, 15) is 0 Å². The summed E-state index contributed by atoms with van der Waals surface area (Å²) in [5.74, 6) is 0.635. The van der Waals surface area contributed by atoms with Crippen LogP contribution in [0.3, 0.4) is 0 Å². The zero-order chi connectivity index (χ0) is 20.5. The maximum atomic E-state index is 6.11. The smallest absolute Gasteiger partial charge is 0.156 e. The normalized spacial score (nSPS) is 11.9. The number of aryl methyl sites for hydroxylation is 1. The molecule has 6 heteroatoms. The summed E-state index contributed by atoms with van der Waals surface area (Å²) < 4.78 is 7.10. The molecule has 3 aromatic carbocycles. The first-order valence-corrected chi connectivity index (χ1v) is 10.3. The van der Waals surface area contributed by atoms with Gasteiger partial charge in [-0.25, -0.2) is 4.98 Å². The molecule has 0 radical (unpaired) electrons. The molecule has 2 heterocycles. The van der Waals surface area contributed by atoms with Gasteiger partial charge in [0, 0.05) is 9.86 Å². The second-order valence-corrected chi connectivity index (χ2v) is 7.89. The van der Waals surface area contributed by atoms with Gasteiger partial charge in [-0.2, -0.15) is 5.10 Å². The van der Waals surface area contributed by atoms with E-state index in [1.54, 1.807) is 6.20 Å². The molecule has 0 saturated carbocycles. The van der Waals surface area contributed by atoms with E-state index < -0.39 is 0 Å². The van der Waals surface area contributed by atoms with Gasteiger partial charge in [-0.15, -0.1) is 0 Å². The van der Waals surface area contributed by atoms with Crippen molar-refractivity contribution in [1.82, 2.24) is 9.97 Å². The monoisotopic (exact) mass is 456 g/mol. The fraction of sp³-hybridized carbons (Fsp3) is 0.0417. The summed E-state index contributed by atoms with van der Waals surface area (Å²) >= 11 is 3.51. The summed E-state index contributed by atoms with van der Waals surface area (Å²) in [7, 11) is 0. The van der Waals surface area contributed by atoms with Crippen LogP contribution >= 0.6 is 15.9 Å². The fourth-order valence-corrected chi connectivity index (χ4v) is 3.56. The van der Waals surface area contributed by atoms with Gasteiger partial charge in [0.05, 0.1) is 22.9 Å². The third-order valence-electron chi connectivity index (χ3n) is 4.75. The molecule has 5 rings (SSSR count). The summed E-state index contributed by atoms with van der Waals surface area (Å²) in [6.07, 6.45) is 1.72. The van der Waals surface area contributed by atoms with Gasteiger partial charge in [0.15, 0.2) is 5.76 Å². The molecular weight excluding hydrogens is 440 g/mol. The molecule has 0 amide bonds. The van der Waals surface area contributed by atoms with E-state index in [-0.39, 0.29) is 0 Å². The molecule has 5 nitrogen and oxygen atoms in total. The molecule has 0 saturated heterocycles. The first-order chi connectivity index (χ1) is 14.7. The average molecular weight is 457 g/mol. The van der Waals surface area contributed by atoms with Gasteiger partial charge in [0.1, 0.15) is 16.6 Å². The Bertz CT molecular complexity index is 1440. The van der Waals surface area contributed by atoms with Crippen molar-refractivity contribution in [2.45, 2.75) is 6.92 Å². The lowest BCUT2D eigenvalue weighted by Crippen LogP contribution is -2.08. The van der Waals surface area contributed by atoms with Gasteiger partial charge in [-0.3, -0.25) is 10.4 Å². The second kappa shape index (κ2) is 7.72. The first-order valence-electron chi connectivity index (χ1n) is 9.48. The zero-order valence-electron chi connectivity index (χ0n) is 16.1. The zero-order valence-corrected chi connectivity index (χ0v) is 17.7. The van der Waals surface area contributed by atoms with E-state index in [0.29, 0.717) is 16.8 Å². The largest absolute Gasteiger partial charge is 0.454 e. The van der Waals surface area contributed by atoms with Crippen LogP contribution in [0, 0.1) is 6.92 Å². The molecule has 0 spiro atoms. The van der Waals surface area contributed by atoms with Crippen molar-refractivity contribution in [3.05, 3.63) is 94.4 Å². The lowest BCUT2D eigenvalue weighted by atomic mass is 10.2. The number of fused-ring (bicyclic) bond motifs is 2. The first kappa shape index (κ1) is 18.5. The van der Waals surface area contributed by atoms with Crippen LogP contribution in [0.15, 0.2) is 93.0 Å². The van der Waals surface area contributed by atoms with E-state index in [0.717, 1.165) is 32.2 Å². The quantitative estimate of drug-likeness (QED) is 0.336. The standard InChI is InChI=1S/C24H17BrN4O/c1-15-6-9-18(10-7-15)28-29-21-14-26-19-4-2-3-5-20(19)27-24(21)23-13-16-12-17(25)8-11-22(16)30-23/h2-14,28H,1H3/b29-21+. The van der Waals surface area contributed by atoms with Crippen molar-refractivity contribution in [2.24, 2.45) is 5.10 Å². The van der Waals surface area contributed by atoms with Gasteiger partial charge in [0.25, 0.3) is 0 Å². The number of furan rings is 1.